The molecular weight excluding hydrogens is 385 g/mol. The molecule has 0 saturated heterocycles. The third kappa shape index (κ3) is 3.82. The van der Waals surface area contributed by atoms with Gasteiger partial charge in [0.1, 0.15) is 10.7 Å². The Morgan fingerprint density at radius 2 is 1.88 bits per heavy atom. The minimum atomic E-state index is -3.92. The van der Waals surface area contributed by atoms with Crippen LogP contribution in [0.4, 0.5) is 10.1 Å². The summed E-state index contributed by atoms with van der Waals surface area (Å²) in [5.41, 5.74) is 2.02. The van der Waals surface area contributed by atoms with Crippen LogP contribution in [0.5, 0.6) is 0 Å². The highest BCUT2D eigenvalue weighted by Crippen LogP contribution is 2.27. The fourth-order valence-electron chi connectivity index (χ4n) is 2.24. The van der Waals surface area contributed by atoms with Crippen molar-refractivity contribution >= 4 is 38.6 Å². The zero-order valence-corrected chi connectivity index (χ0v) is 15.4. The molecule has 0 aliphatic heterocycles. The van der Waals surface area contributed by atoms with Crippen molar-refractivity contribution in [3.05, 3.63) is 63.5 Å². The molecule has 0 aliphatic carbocycles. The molecule has 3 rings (SSSR count). The van der Waals surface area contributed by atoms with Gasteiger partial charge in [-0.2, -0.15) is 0 Å². The number of sulfonamides is 1. The Morgan fingerprint density at radius 3 is 2.52 bits per heavy atom. The monoisotopic (exact) mass is 397 g/mol. The highest BCUT2D eigenvalue weighted by molar-refractivity contribution is 7.89. The van der Waals surface area contributed by atoms with Crippen LogP contribution in [0.3, 0.4) is 0 Å². The van der Waals surface area contributed by atoms with Crippen molar-refractivity contribution in [2.45, 2.75) is 4.90 Å². The van der Waals surface area contributed by atoms with Gasteiger partial charge in [-0.1, -0.05) is 17.7 Å². The largest absolute Gasteiger partial charge is 0.320 e. The quantitative estimate of drug-likeness (QED) is 0.735. The molecule has 0 amide bonds. The number of nitrogens with zero attached hydrogens (tertiary/aromatic N) is 2. The van der Waals surface area contributed by atoms with Gasteiger partial charge < -0.3 is 4.57 Å². The lowest BCUT2D eigenvalue weighted by atomic mass is 10.2. The molecule has 1 aromatic heterocycles. The highest BCUT2D eigenvalue weighted by atomic mass is 35.5. The molecule has 0 fully saturated rings. The molecule has 0 unspecified atom stereocenters. The second-order valence-corrected chi connectivity index (χ2v) is 8.01. The van der Waals surface area contributed by atoms with E-state index in [1.54, 1.807) is 25.2 Å². The highest BCUT2D eigenvalue weighted by Gasteiger charge is 2.15. The van der Waals surface area contributed by atoms with Gasteiger partial charge in [-0.15, -0.1) is 11.3 Å². The van der Waals surface area contributed by atoms with E-state index in [1.807, 2.05) is 9.95 Å². The van der Waals surface area contributed by atoms with Crippen LogP contribution in [0.25, 0.3) is 11.3 Å². The van der Waals surface area contributed by atoms with E-state index in [0.29, 0.717) is 16.1 Å². The van der Waals surface area contributed by atoms with Gasteiger partial charge >= 0.3 is 0 Å². The zero-order chi connectivity index (χ0) is 18.2. The minimum absolute atomic E-state index is 0.0698. The Kier molecular flexibility index (Phi) is 4.79. The molecule has 0 spiro atoms. The van der Waals surface area contributed by atoms with Gasteiger partial charge in [-0.3, -0.25) is 0 Å². The Labute approximate surface area is 152 Å². The van der Waals surface area contributed by atoms with Crippen LogP contribution in [0.2, 0.25) is 5.02 Å². The molecule has 2 N–H and O–H groups in total. The number of nitrogens with two attached hydrogens (primary N) is 1. The maximum atomic E-state index is 13.0. The van der Waals surface area contributed by atoms with Crippen molar-refractivity contribution < 1.29 is 12.8 Å². The van der Waals surface area contributed by atoms with Crippen LogP contribution in [0.15, 0.2) is 57.7 Å². The molecule has 0 bridgehead atoms. The van der Waals surface area contributed by atoms with E-state index < -0.39 is 10.0 Å². The fraction of sp³-hybridized carbons (Fsp3) is 0.0625. The third-order valence-electron chi connectivity index (χ3n) is 3.51. The molecule has 5 nitrogen and oxygen atoms in total. The van der Waals surface area contributed by atoms with Crippen molar-refractivity contribution in [2.24, 2.45) is 17.2 Å². The van der Waals surface area contributed by atoms with Crippen LogP contribution >= 0.6 is 22.9 Å². The van der Waals surface area contributed by atoms with Crippen molar-refractivity contribution in [3.8, 4) is 11.3 Å². The standard InChI is InChI=1S/C16H13ClFN3O2S2/c1-21-14(10-2-7-13(17)15(8-10)25(19,22)23)9-24-16(21)20-12-5-3-11(18)4-6-12/h2-9H,1H3,(H2,19,22,23). The van der Waals surface area contributed by atoms with Gasteiger partial charge in [-0.05, 0) is 36.4 Å². The number of aromatic nitrogens is 1. The second kappa shape index (κ2) is 6.72. The Bertz CT molecular complexity index is 1100. The van der Waals surface area contributed by atoms with Gasteiger partial charge in [0.25, 0.3) is 0 Å². The first kappa shape index (κ1) is 17.8. The SMILES string of the molecule is Cn1c(-c2ccc(Cl)c(S(N)(=O)=O)c2)csc1=Nc1ccc(F)cc1. The van der Waals surface area contributed by atoms with Crippen LogP contribution in [-0.4, -0.2) is 13.0 Å². The predicted molar refractivity (Wildman–Crippen MR) is 96.7 cm³/mol. The molecule has 0 radical (unpaired) electrons. The number of hydrogen-bond acceptors (Lipinski definition) is 4. The lowest BCUT2D eigenvalue weighted by molar-refractivity contribution is 0.598. The van der Waals surface area contributed by atoms with Crippen LogP contribution in [0.1, 0.15) is 0 Å². The fourth-order valence-corrected chi connectivity index (χ4v) is 4.24. The second-order valence-electron chi connectivity index (χ2n) is 5.24. The summed E-state index contributed by atoms with van der Waals surface area (Å²) < 4.78 is 38.1. The first-order chi connectivity index (χ1) is 11.8. The number of hydrogen-bond donors (Lipinski definition) is 1. The topological polar surface area (TPSA) is 77.5 Å². The summed E-state index contributed by atoms with van der Waals surface area (Å²) in [5, 5.41) is 7.11. The Balaban J connectivity index is 2.09. The normalized spacial score (nSPS) is 12.6. The molecule has 130 valence electrons. The molecule has 0 aliphatic rings. The van der Waals surface area contributed by atoms with E-state index in [0.717, 1.165) is 5.69 Å². The van der Waals surface area contributed by atoms with E-state index in [1.165, 1.54) is 35.6 Å². The number of benzene rings is 2. The van der Waals surface area contributed by atoms with Crippen LogP contribution in [0, 0.1) is 5.82 Å². The zero-order valence-electron chi connectivity index (χ0n) is 13.0. The van der Waals surface area contributed by atoms with Crippen molar-refractivity contribution in [2.75, 3.05) is 0 Å². The van der Waals surface area contributed by atoms with E-state index in [2.05, 4.69) is 4.99 Å². The van der Waals surface area contributed by atoms with Crippen molar-refractivity contribution in [3.63, 3.8) is 0 Å². The summed E-state index contributed by atoms with van der Waals surface area (Å²) in [6, 6.07) is 10.5. The molecule has 0 atom stereocenters. The van der Waals surface area contributed by atoms with E-state index in [4.69, 9.17) is 16.7 Å². The van der Waals surface area contributed by atoms with Gasteiger partial charge in [0, 0.05) is 18.0 Å². The predicted octanol–water partition coefficient (Wildman–Crippen LogP) is 3.43. The summed E-state index contributed by atoms with van der Waals surface area (Å²) in [6.45, 7) is 0. The molecular formula is C16H13ClFN3O2S2. The van der Waals surface area contributed by atoms with Crippen LogP contribution < -0.4 is 9.94 Å². The van der Waals surface area contributed by atoms with Gasteiger partial charge in [0.05, 0.1) is 16.4 Å². The van der Waals surface area contributed by atoms with Gasteiger partial charge in [0.15, 0.2) is 4.80 Å². The summed E-state index contributed by atoms with van der Waals surface area (Å²) in [5.74, 6) is -0.327. The molecule has 1 heterocycles. The number of primary sulfonamides is 1. The first-order valence-electron chi connectivity index (χ1n) is 7.03. The molecule has 0 saturated carbocycles. The van der Waals surface area contributed by atoms with Gasteiger partial charge in [-0.25, -0.2) is 22.9 Å². The number of thiazole rings is 1. The summed E-state index contributed by atoms with van der Waals surface area (Å²) in [6.07, 6.45) is 0. The molecule has 2 aromatic carbocycles. The first-order valence-corrected chi connectivity index (χ1v) is 9.83. The lowest BCUT2D eigenvalue weighted by Crippen LogP contribution is -2.13. The van der Waals surface area contributed by atoms with E-state index in [-0.39, 0.29) is 15.7 Å². The van der Waals surface area contributed by atoms with Crippen molar-refractivity contribution in [1.82, 2.24) is 4.57 Å². The average molecular weight is 398 g/mol. The third-order valence-corrected chi connectivity index (χ3v) is 5.82. The maximum Gasteiger partial charge on any atom is 0.239 e. The van der Waals surface area contributed by atoms with Crippen LogP contribution in [-0.2, 0) is 17.1 Å². The van der Waals surface area contributed by atoms with E-state index in [9.17, 15) is 12.8 Å². The molecule has 9 heteroatoms. The molecule has 25 heavy (non-hydrogen) atoms. The Morgan fingerprint density at radius 1 is 1.20 bits per heavy atom. The number of rotatable bonds is 3. The van der Waals surface area contributed by atoms with Gasteiger partial charge in [0.2, 0.25) is 10.0 Å². The summed E-state index contributed by atoms with van der Waals surface area (Å²) in [7, 11) is -2.11. The van der Waals surface area contributed by atoms with Crippen molar-refractivity contribution in [1.29, 1.82) is 0 Å². The summed E-state index contributed by atoms with van der Waals surface area (Å²) >= 11 is 7.30. The maximum absolute atomic E-state index is 13.0. The lowest BCUT2D eigenvalue weighted by Gasteiger charge is -2.07. The molecule has 3 aromatic rings. The van der Waals surface area contributed by atoms with E-state index >= 15 is 0 Å². The minimum Gasteiger partial charge on any atom is -0.320 e. The smallest absolute Gasteiger partial charge is 0.239 e. The average Bonchev–Trinajstić information content (AvgIpc) is 2.90. The number of halogens is 2. The Hall–Kier alpha value is -2.00. The summed E-state index contributed by atoms with van der Waals surface area (Å²) in [4.78, 5) is 5.01.